The van der Waals surface area contributed by atoms with Crippen LogP contribution in [-0.4, -0.2) is 47.1 Å². The molecule has 3 aromatic rings. The van der Waals surface area contributed by atoms with Crippen molar-refractivity contribution in [3.63, 3.8) is 0 Å². The second-order valence-electron chi connectivity index (χ2n) is 9.06. The number of halogens is 7. The maximum absolute atomic E-state index is 13.0. The van der Waals surface area contributed by atoms with E-state index in [1.807, 2.05) is 0 Å². The number of anilines is 2. The highest BCUT2D eigenvalue weighted by atomic mass is 35.5. The zero-order chi connectivity index (χ0) is 27.0. The minimum atomic E-state index is -4.54. The van der Waals surface area contributed by atoms with Crippen molar-refractivity contribution in [2.24, 2.45) is 0 Å². The summed E-state index contributed by atoms with van der Waals surface area (Å²) in [6.45, 7) is -1.15. The average molecular weight is 548 g/mol. The Morgan fingerprint density at radius 3 is 2.38 bits per heavy atom. The molecule has 0 spiro atoms. The van der Waals surface area contributed by atoms with Crippen LogP contribution in [0, 0.1) is 0 Å². The van der Waals surface area contributed by atoms with E-state index in [4.69, 9.17) is 11.6 Å². The number of aromatic nitrogens is 2. The lowest BCUT2D eigenvalue weighted by Gasteiger charge is -2.30. The van der Waals surface area contributed by atoms with E-state index in [-0.39, 0.29) is 34.0 Å². The van der Waals surface area contributed by atoms with Gasteiger partial charge in [-0.05, 0) is 56.0 Å². The lowest BCUT2D eigenvalue weighted by molar-refractivity contribution is -0.140. The molecule has 4 rings (SSSR count). The topological polar surface area (TPSA) is 61.7 Å². The number of benzene rings is 1. The average Bonchev–Trinajstić information content (AvgIpc) is 3.25. The number of pyridine rings is 1. The van der Waals surface area contributed by atoms with Crippen molar-refractivity contribution >= 4 is 34.7 Å². The van der Waals surface area contributed by atoms with E-state index in [0.29, 0.717) is 31.5 Å². The Kier molecular flexibility index (Phi) is 7.50. The van der Waals surface area contributed by atoms with E-state index in [1.165, 1.54) is 35.7 Å². The summed E-state index contributed by atoms with van der Waals surface area (Å²) in [7, 11) is 1.29. The summed E-state index contributed by atoms with van der Waals surface area (Å²) >= 11 is 6.19. The number of fused-ring (bicyclic) bond motifs is 1. The van der Waals surface area contributed by atoms with Gasteiger partial charge in [0.2, 0.25) is 0 Å². The summed E-state index contributed by atoms with van der Waals surface area (Å²) in [6, 6.07) is 8.79. The van der Waals surface area contributed by atoms with E-state index >= 15 is 0 Å². The van der Waals surface area contributed by atoms with Gasteiger partial charge in [-0.2, -0.15) is 26.3 Å². The van der Waals surface area contributed by atoms with Crippen LogP contribution >= 0.6 is 11.6 Å². The number of amides is 1. The van der Waals surface area contributed by atoms with Crippen LogP contribution in [0.2, 0.25) is 5.02 Å². The minimum Gasteiger partial charge on any atom is -0.368 e. The second-order valence-corrected chi connectivity index (χ2v) is 9.47. The first-order valence-corrected chi connectivity index (χ1v) is 11.9. The van der Waals surface area contributed by atoms with E-state index in [9.17, 15) is 31.1 Å². The predicted molar refractivity (Wildman–Crippen MR) is 128 cm³/mol. The molecule has 1 aliphatic rings. The lowest BCUT2D eigenvalue weighted by Crippen LogP contribution is -2.40. The van der Waals surface area contributed by atoms with Gasteiger partial charge in [0, 0.05) is 31.0 Å². The first-order valence-electron chi connectivity index (χ1n) is 11.5. The van der Waals surface area contributed by atoms with E-state index in [0.717, 1.165) is 11.1 Å². The SMILES string of the molecule is CN(CC(F)(F)F)c1ccc(C(=O)N[C@H]2CC[C@@H](Nc3cccc4nc(C(F)(F)F)cn34)CC2)c(Cl)c1. The van der Waals surface area contributed by atoms with Gasteiger partial charge in [-0.1, -0.05) is 17.7 Å². The third-order valence-electron chi connectivity index (χ3n) is 6.25. The van der Waals surface area contributed by atoms with Crippen LogP contribution < -0.4 is 15.5 Å². The highest BCUT2D eigenvalue weighted by Crippen LogP contribution is 2.31. The molecule has 0 saturated heterocycles. The normalized spacial score (nSPS) is 18.6. The Bertz CT molecular complexity index is 1270. The van der Waals surface area contributed by atoms with Gasteiger partial charge in [0.05, 0.1) is 10.6 Å². The van der Waals surface area contributed by atoms with E-state index < -0.39 is 30.5 Å². The monoisotopic (exact) mass is 547 g/mol. The molecule has 0 unspecified atom stereocenters. The van der Waals surface area contributed by atoms with Gasteiger partial charge in [-0.25, -0.2) is 4.98 Å². The largest absolute Gasteiger partial charge is 0.434 e. The van der Waals surface area contributed by atoms with E-state index in [2.05, 4.69) is 15.6 Å². The highest BCUT2D eigenvalue weighted by Gasteiger charge is 2.34. The van der Waals surface area contributed by atoms with Crippen LogP contribution in [0.4, 0.5) is 37.8 Å². The molecule has 200 valence electrons. The standard InChI is InChI=1S/C24H24ClF6N5O/c1-35(13-23(26,27)28)16-9-10-17(18(25)11-16)22(37)33-15-7-5-14(6-8-15)32-20-3-2-4-21-34-19(12-36(20)21)24(29,30)31/h2-4,9-12,14-15,32H,5-8,13H2,1H3,(H,33,37)/t14-,15+. The fourth-order valence-electron chi connectivity index (χ4n) is 4.41. The van der Waals surface area contributed by atoms with Crippen LogP contribution in [0.25, 0.3) is 5.65 Å². The number of hydrogen-bond acceptors (Lipinski definition) is 4. The zero-order valence-corrected chi connectivity index (χ0v) is 20.4. The van der Waals surface area contributed by atoms with Crippen LogP contribution in [0.3, 0.4) is 0 Å². The Labute approximate surface area is 213 Å². The molecule has 1 aromatic carbocycles. The summed E-state index contributed by atoms with van der Waals surface area (Å²) in [5.41, 5.74) is -0.378. The maximum atomic E-state index is 13.0. The molecule has 2 N–H and O–H groups in total. The third-order valence-corrected chi connectivity index (χ3v) is 6.56. The molecule has 0 radical (unpaired) electrons. The molecule has 0 atom stereocenters. The quantitative estimate of drug-likeness (QED) is 0.363. The molecule has 0 bridgehead atoms. The molecule has 37 heavy (non-hydrogen) atoms. The fourth-order valence-corrected chi connectivity index (χ4v) is 4.67. The summed E-state index contributed by atoms with van der Waals surface area (Å²) in [4.78, 5) is 17.4. The molecule has 1 saturated carbocycles. The number of carbonyl (C=O) groups excluding carboxylic acids is 1. The molecular weight excluding hydrogens is 524 g/mol. The Hall–Kier alpha value is -3.15. The smallest absolute Gasteiger partial charge is 0.368 e. The number of alkyl halides is 6. The summed E-state index contributed by atoms with van der Waals surface area (Å²) in [6.07, 6.45) is -5.38. The predicted octanol–water partition coefficient (Wildman–Crippen LogP) is 6.16. The van der Waals surface area contributed by atoms with Crippen LogP contribution in [0.15, 0.2) is 42.6 Å². The van der Waals surface area contributed by atoms with Crippen molar-refractivity contribution in [3.8, 4) is 0 Å². The lowest BCUT2D eigenvalue weighted by atomic mass is 9.91. The number of imidazole rings is 1. The second kappa shape index (κ2) is 10.3. The number of nitrogens with one attached hydrogen (secondary N) is 2. The van der Waals surface area contributed by atoms with Crippen LogP contribution in [0.1, 0.15) is 41.7 Å². The van der Waals surface area contributed by atoms with Gasteiger partial charge in [-0.15, -0.1) is 0 Å². The molecular formula is C24H24ClF6N5O. The van der Waals surface area contributed by atoms with Gasteiger partial charge in [0.15, 0.2) is 5.69 Å². The molecule has 2 aromatic heterocycles. The molecule has 6 nitrogen and oxygen atoms in total. The Morgan fingerprint density at radius 1 is 1.08 bits per heavy atom. The molecule has 13 heteroatoms. The minimum absolute atomic E-state index is 0.0115. The molecule has 1 amide bonds. The summed E-state index contributed by atoms with van der Waals surface area (Å²) in [5.74, 6) is 0.0737. The fraction of sp³-hybridized carbons (Fsp3) is 0.417. The van der Waals surface area contributed by atoms with Gasteiger partial charge in [0.1, 0.15) is 18.0 Å². The zero-order valence-electron chi connectivity index (χ0n) is 19.6. The number of nitrogens with zero attached hydrogens (tertiary/aromatic N) is 3. The van der Waals surface area contributed by atoms with Crippen molar-refractivity contribution in [3.05, 3.63) is 58.9 Å². The van der Waals surface area contributed by atoms with Crippen molar-refractivity contribution in [2.45, 2.75) is 50.1 Å². The molecule has 0 aliphatic heterocycles. The highest BCUT2D eigenvalue weighted by molar-refractivity contribution is 6.34. The van der Waals surface area contributed by atoms with E-state index in [1.54, 1.807) is 12.1 Å². The molecule has 1 fully saturated rings. The third kappa shape index (κ3) is 6.60. The van der Waals surface area contributed by atoms with Crippen molar-refractivity contribution in [1.82, 2.24) is 14.7 Å². The summed E-state index contributed by atoms with van der Waals surface area (Å²) in [5, 5.41) is 6.23. The van der Waals surface area contributed by atoms with Gasteiger partial charge in [0.25, 0.3) is 5.91 Å². The van der Waals surface area contributed by atoms with Gasteiger partial charge >= 0.3 is 12.4 Å². The van der Waals surface area contributed by atoms with Crippen molar-refractivity contribution in [2.75, 3.05) is 23.8 Å². The number of rotatable bonds is 6. The van der Waals surface area contributed by atoms with Crippen LogP contribution in [-0.2, 0) is 6.18 Å². The first-order chi connectivity index (χ1) is 17.3. The Morgan fingerprint density at radius 2 is 1.76 bits per heavy atom. The van der Waals surface area contributed by atoms with Gasteiger partial charge < -0.3 is 15.5 Å². The van der Waals surface area contributed by atoms with Crippen molar-refractivity contribution < 1.29 is 31.1 Å². The first kappa shape index (κ1) is 26.9. The van der Waals surface area contributed by atoms with Gasteiger partial charge in [-0.3, -0.25) is 9.20 Å². The van der Waals surface area contributed by atoms with Crippen molar-refractivity contribution in [1.29, 1.82) is 0 Å². The van der Waals surface area contributed by atoms with Crippen LogP contribution in [0.5, 0.6) is 0 Å². The summed E-state index contributed by atoms with van der Waals surface area (Å²) < 4.78 is 78.4. The molecule has 2 heterocycles. The number of hydrogen-bond donors (Lipinski definition) is 2. The Balaban J connectivity index is 1.33. The number of carbonyl (C=O) groups is 1. The maximum Gasteiger partial charge on any atom is 0.434 e. The molecule has 1 aliphatic carbocycles.